The van der Waals surface area contributed by atoms with E-state index in [0.29, 0.717) is 44.6 Å². The summed E-state index contributed by atoms with van der Waals surface area (Å²) in [6.45, 7) is 6.55. The minimum absolute atomic E-state index is 0.0555. The average Bonchev–Trinajstić information content (AvgIpc) is 3.25. The number of methoxy groups -OCH3 is 1. The molecule has 1 aromatic heterocycles. The van der Waals surface area contributed by atoms with Crippen LogP contribution in [0.15, 0.2) is 47.6 Å². The van der Waals surface area contributed by atoms with Crippen LogP contribution < -0.4 is 15.4 Å². The molecular formula is C24H27Cl2N5O3S. The summed E-state index contributed by atoms with van der Waals surface area (Å²) in [6, 6.07) is 11.4. The second-order valence-electron chi connectivity index (χ2n) is 7.97. The van der Waals surface area contributed by atoms with E-state index in [1.54, 1.807) is 49.6 Å². The molecule has 186 valence electrons. The van der Waals surface area contributed by atoms with Gasteiger partial charge < -0.3 is 19.9 Å². The van der Waals surface area contributed by atoms with E-state index >= 15 is 0 Å². The van der Waals surface area contributed by atoms with Crippen LogP contribution in [-0.2, 0) is 11.3 Å². The van der Waals surface area contributed by atoms with Gasteiger partial charge in [-0.15, -0.1) is 10.2 Å². The fourth-order valence-corrected chi connectivity index (χ4v) is 4.60. The minimum atomic E-state index is -0.367. The van der Waals surface area contributed by atoms with Gasteiger partial charge in [-0.2, -0.15) is 0 Å². The first-order chi connectivity index (χ1) is 16.7. The fraction of sp³-hybridized carbons (Fsp3) is 0.333. The standard InChI is InChI=1S/C24H27Cl2N5O3S/c1-5-31-22(21(14(2)3)28-23(33)15-6-9-17(34-4)10-7-15)29-30-24(31)35-13-20(32)27-19-11-8-16(25)12-18(19)26/h6-12,14,21H,5,13H2,1-4H3,(H,27,32)(H,28,33)/t21-/m1/s1. The monoisotopic (exact) mass is 535 g/mol. The van der Waals surface area contributed by atoms with Gasteiger partial charge in [0.1, 0.15) is 5.75 Å². The van der Waals surface area contributed by atoms with Crippen molar-refractivity contribution in [2.24, 2.45) is 5.92 Å². The van der Waals surface area contributed by atoms with Crippen LogP contribution in [0.1, 0.15) is 43.0 Å². The molecule has 1 heterocycles. The van der Waals surface area contributed by atoms with Crippen molar-refractivity contribution >= 4 is 52.5 Å². The summed E-state index contributed by atoms with van der Waals surface area (Å²) in [5, 5.41) is 15.9. The van der Waals surface area contributed by atoms with E-state index in [-0.39, 0.29) is 29.5 Å². The molecule has 0 aliphatic heterocycles. The van der Waals surface area contributed by atoms with Gasteiger partial charge in [-0.3, -0.25) is 9.59 Å². The Balaban J connectivity index is 1.70. The number of rotatable bonds is 10. The molecule has 2 aromatic carbocycles. The highest BCUT2D eigenvalue weighted by Crippen LogP contribution is 2.28. The first-order valence-corrected chi connectivity index (χ1v) is 12.7. The number of amides is 2. The van der Waals surface area contributed by atoms with E-state index in [1.807, 2.05) is 25.3 Å². The normalized spacial score (nSPS) is 11.9. The maximum atomic E-state index is 12.9. The van der Waals surface area contributed by atoms with Crippen molar-refractivity contribution in [3.05, 3.63) is 63.9 Å². The van der Waals surface area contributed by atoms with Gasteiger partial charge in [0.25, 0.3) is 5.91 Å². The molecule has 0 radical (unpaired) electrons. The number of anilines is 1. The lowest BCUT2D eigenvalue weighted by molar-refractivity contribution is -0.113. The third-order valence-corrected chi connectivity index (χ3v) is 6.70. The van der Waals surface area contributed by atoms with Gasteiger partial charge >= 0.3 is 0 Å². The maximum absolute atomic E-state index is 12.9. The molecule has 11 heteroatoms. The van der Waals surface area contributed by atoms with Crippen LogP contribution in [0.2, 0.25) is 10.0 Å². The van der Waals surface area contributed by atoms with Crippen LogP contribution in [0.25, 0.3) is 0 Å². The number of thioether (sulfide) groups is 1. The molecular weight excluding hydrogens is 509 g/mol. The molecule has 35 heavy (non-hydrogen) atoms. The lowest BCUT2D eigenvalue weighted by Crippen LogP contribution is -2.33. The van der Waals surface area contributed by atoms with Crippen molar-refractivity contribution in [3.63, 3.8) is 0 Å². The highest BCUT2D eigenvalue weighted by atomic mass is 35.5. The first kappa shape index (κ1) is 26.8. The summed E-state index contributed by atoms with van der Waals surface area (Å²) in [5.74, 6) is 1.02. The van der Waals surface area contributed by atoms with Crippen molar-refractivity contribution in [2.75, 3.05) is 18.2 Å². The van der Waals surface area contributed by atoms with Crippen LogP contribution in [-0.4, -0.2) is 39.4 Å². The molecule has 0 saturated heterocycles. The largest absolute Gasteiger partial charge is 0.497 e. The lowest BCUT2D eigenvalue weighted by Gasteiger charge is -2.22. The fourth-order valence-electron chi connectivity index (χ4n) is 3.34. The van der Waals surface area contributed by atoms with Crippen molar-refractivity contribution in [1.82, 2.24) is 20.1 Å². The maximum Gasteiger partial charge on any atom is 0.251 e. The highest BCUT2D eigenvalue weighted by Gasteiger charge is 2.26. The number of halogens is 2. The summed E-state index contributed by atoms with van der Waals surface area (Å²) in [6.07, 6.45) is 0. The molecule has 3 aromatic rings. The second kappa shape index (κ2) is 12.3. The van der Waals surface area contributed by atoms with Crippen LogP contribution in [0.4, 0.5) is 5.69 Å². The Kier molecular flexibility index (Phi) is 9.42. The molecule has 0 aliphatic rings. The molecule has 0 aliphatic carbocycles. The number of hydrogen-bond acceptors (Lipinski definition) is 6. The third-order valence-electron chi connectivity index (χ3n) is 5.18. The van der Waals surface area contributed by atoms with E-state index < -0.39 is 0 Å². The first-order valence-electron chi connectivity index (χ1n) is 11.0. The van der Waals surface area contributed by atoms with Gasteiger partial charge in [0, 0.05) is 17.1 Å². The molecule has 3 rings (SSSR count). The summed E-state index contributed by atoms with van der Waals surface area (Å²) in [7, 11) is 1.58. The van der Waals surface area contributed by atoms with E-state index in [4.69, 9.17) is 27.9 Å². The van der Waals surface area contributed by atoms with E-state index in [1.165, 1.54) is 11.8 Å². The molecule has 0 saturated carbocycles. The number of carbonyl (C=O) groups excluding carboxylic acids is 2. The number of hydrogen-bond donors (Lipinski definition) is 2. The number of benzene rings is 2. The van der Waals surface area contributed by atoms with E-state index in [9.17, 15) is 9.59 Å². The summed E-state index contributed by atoms with van der Waals surface area (Å²) in [4.78, 5) is 25.4. The van der Waals surface area contributed by atoms with Crippen LogP contribution in [0.3, 0.4) is 0 Å². The second-order valence-corrected chi connectivity index (χ2v) is 9.76. The van der Waals surface area contributed by atoms with Gasteiger partial charge in [0.2, 0.25) is 5.91 Å². The quantitative estimate of drug-likeness (QED) is 0.334. The zero-order valence-electron chi connectivity index (χ0n) is 19.8. The van der Waals surface area contributed by atoms with Gasteiger partial charge in [0.15, 0.2) is 11.0 Å². The average molecular weight is 536 g/mol. The Hall–Kier alpha value is -2.75. The smallest absolute Gasteiger partial charge is 0.251 e. The Labute approximate surface area is 218 Å². The van der Waals surface area contributed by atoms with Crippen LogP contribution in [0.5, 0.6) is 5.75 Å². The molecule has 2 amide bonds. The number of nitrogens with zero attached hydrogens (tertiary/aromatic N) is 3. The van der Waals surface area contributed by atoms with Crippen molar-refractivity contribution < 1.29 is 14.3 Å². The van der Waals surface area contributed by atoms with Crippen molar-refractivity contribution in [2.45, 2.75) is 38.5 Å². The molecule has 0 bridgehead atoms. The van der Waals surface area contributed by atoms with Crippen LogP contribution >= 0.6 is 35.0 Å². The zero-order valence-corrected chi connectivity index (χ0v) is 22.2. The number of nitrogens with one attached hydrogen (secondary N) is 2. The van der Waals surface area contributed by atoms with Crippen molar-refractivity contribution in [1.29, 1.82) is 0 Å². The number of carbonyl (C=O) groups is 2. The molecule has 8 nitrogen and oxygen atoms in total. The summed E-state index contributed by atoms with van der Waals surface area (Å²) >= 11 is 13.3. The Morgan fingerprint density at radius 3 is 2.43 bits per heavy atom. The van der Waals surface area contributed by atoms with Gasteiger partial charge in [-0.25, -0.2) is 0 Å². The van der Waals surface area contributed by atoms with Gasteiger partial charge in [-0.1, -0.05) is 48.8 Å². The molecule has 2 N–H and O–H groups in total. The summed E-state index contributed by atoms with van der Waals surface area (Å²) in [5.41, 5.74) is 1.01. The molecule has 1 atom stereocenters. The van der Waals surface area contributed by atoms with E-state index in [2.05, 4.69) is 20.8 Å². The molecule has 0 fully saturated rings. The minimum Gasteiger partial charge on any atom is -0.497 e. The Bertz CT molecular complexity index is 1180. The SMILES string of the molecule is CCn1c(SCC(=O)Nc2ccc(Cl)cc2Cl)nnc1[C@H](NC(=O)c1ccc(OC)cc1)C(C)C. The zero-order chi connectivity index (χ0) is 25.5. The molecule has 0 unspecified atom stereocenters. The Morgan fingerprint density at radius 1 is 1.11 bits per heavy atom. The highest BCUT2D eigenvalue weighted by molar-refractivity contribution is 7.99. The van der Waals surface area contributed by atoms with Gasteiger partial charge in [0.05, 0.1) is 29.6 Å². The predicted octanol–water partition coefficient (Wildman–Crippen LogP) is 5.47. The van der Waals surface area contributed by atoms with Crippen molar-refractivity contribution in [3.8, 4) is 5.75 Å². The number of ether oxygens (including phenoxy) is 1. The molecule has 0 spiro atoms. The summed E-state index contributed by atoms with van der Waals surface area (Å²) < 4.78 is 7.07. The number of aromatic nitrogens is 3. The topological polar surface area (TPSA) is 98.1 Å². The third kappa shape index (κ3) is 6.90. The Morgan fingerprint density at radius 2 is 1.83 bits per heavy atom. The van der Waals surface area contributed by atoms with Crippen LogP contribution in [0, 0.1) is 5.92 Å². The predicted molar refractivity (Wildman–Crippen MR) is 140 cm³/mol. The van der Waals surface area contributed by atoms with E-state index in [0.717, 1.165) is 0 Å². The lowest BCUT2D eigenvalue weighted by atomic mass is 10.0. The van der Waals surface area contributed by atoms with Gasteiger partial charge in [-0.05, 0) is 55.3 Å².